The predicted molar refractivity (Wildman–Crippen MR) is 94.5 cm³/mol. The summed E-state index contributed by atoms with van der Waals surface area (Å²) < 4.78 is 79.8. The van der Waals surface area contributed by atoms with Crippen LogP contribution in [-0.4, -0.2) is 22.9 Å². The Balaban J connectivity index is 2.06. The van der Waals surface area contributed by atoms with Crippen molar-refractivity contribution in [2.24, 2.45) is 10.7 Å². The number of benzene rings is 1. The van der Waals surface area contributed by atoms with Crippen LogP contribution in [0.4, 0.5) is 32.0 Å². The van der Waals surface area contributed by atoms with E-state index in [1.54, 1.807) is 6.92 Å². The van der Waals surface area contributed by atoms with Crippen molar-refractivity contribution in [1.82, 2.24) is 4.98 Å². The molecule has 2 N–H and O–H groups in total. The van der Waals surface area contributed by atoms with Gasteiger partial charge in [0.25, 0.3) is 0 Å². The van der Waals surface area contributed by atoms with E-state index in [1.165, 1.54) is 24.4 Å². The van der Waals surface area contributed by atoms with Crippen molar-refractivity contribution in [3.8, 4) is 5.75 Å². The maximum Gasteiger partial charge on any atom is 0.422 e. The fraction of sp³-hybridized carbons (Fsp3) is 0.294. The number of amidine groups is 1. The van der Waals surface area contributed by atoms with E-state index in [0.717, 1.165) is 23.9 Å². The summed E-state index contributed by atoms with van der Waals surface area (Å²) in [5.41, 5.74) is 5.76. The predicted octanol–water partition coefficient (Wildman–Crippen LogP) is 5.23. The van der Waals surface area contributed by atoms with Crippen molar-refractivity contribution >= 4 is 22.6 Å². The molecule has 2 rings (SSSR count). The molecule has 0 bridgehead atoms. The third-order valence-electron chi connectivity index (χ3n) is 3.42. The van der Waals surface area contributed by atoms with Crippen molar-refractivity contribution in [3.05, 3.63) is 53.3 Å². The average molecular weight is 423 g/mol. The zero-order valence-corrected chi connectivity index (χ0v) is 15.3. The zero-order chi connectivity index (χ0) is 20.9. The molecule has 0 atom stereocenters. The Morgan fingerprint density at radius 2 is 1.89 bits per heavy atom. The molecule has 1 aromatic heterocycles. The maximum atomic E-state index is 12.7. The molecular formula is C17H15F6N3OS. The first-order valence-corrected chi connectivity index (χ1v) is 8.72. The summed E-state index contributed by atoms with van der Waals surface area (Å²) in [6, 6.07) is 5.68. The first-order chi connectivity index (χ1) is 13.0. The van der Waals surface area contributed by atoms with Crippen LogP contribution in [0.5, 0.6) is 5.75 Å². The number of rotatable bonds is 5. The summed E-state index contributed by atoms with van der Waals surface area (Å²) in [4.78, 5) is 7.99. The highest BCUT2D eigenvalue weighted by atomic mass is 32.2. The van der Waals surface area contributed by atoms with Gasteiger partial charge in [-0.25, -0.2) is 4.99 Å². The van der Waals surface area contributed by atoms with Gasteiger partial charge in [0.2, 0.25) is 0 Å². The number of thioether (sulfide) groups is 1. The molecular weight excluding hydrogens is 408 g/mol. The number of hydrogen-bond acceptors (Lipinski definition) is 4. The molecule has 0 fully saturated rings. The molecule has 0 amide bonds. The van der Waals surface area contributed by atoms with Crippen molar-refractivity contribution in [2.45, 2.75) is 25.0 Å². The molecule has 1 aromatic carbocycles. The zero-order valence-electron chi connectivity index (χ0n) is 14.4. The van der Waals surface area contributed by atoms with Crippen LogP contribution in [0.3, 0.4) is 0 Å². The van der Waals surface area contributed by atoms with Gasteiger partial charge in [-0.15, -0.1) is 0 Å². The molecule has 0 aliphatic carbocycles. The summed E-state index contributed by atoms with van der Waals surface area (Å²) in [5.74, 6) is 0.194. The molecule has 1 heterocycles. The highest BCUT2D eigenvalue weighted by Crippen LogP contribution is 2.32. The second-order valence-corrected chi connectivity index (χ2v) is 6.57. The standard InChI is InChI=1S/C17H15F6N3OS/c1-10-13(25-6-5-14(10)27-9-16(18,19)20)8-28-15(24)26-12-4-2-3-11(7-12)17(21,22)23/h2-7H,8-9H2,1H3,(H2,24,26). The summed E-state index contributed by atoms with van der Waals surface area (Å²) in [5, 5.41) is -0.0119. The Labute approximate surface area is 160 Å². The van der Waals surface area contributed by atoms with Crippen molar-refractivity contribution < 1.29 is 31.1 Å². The molecule has 2 aromatic rings. The monoisotopic (exact) mass is 423 g/mol. The first kappa shape index (κ1) is 21.9. The van der Waals surface area contributed by atoms with Gasteiger partial charge in [-0.3, -0.25) is 4.98 Å². The van der Waals surface area contributed by atoms with Crippen molar-refractivity contribution in [1.29, 1.82) is 0 Å². The third-order valence-corrected chi connectivity index (χ3v) is 4.22. The first-order valence-electron chi connectivity index (χ1n) is 7.74. The minimum atomic E-state index is -4.49. The summed E-state index contributed by atoms with van der Waals surface area (Å²) in [7, 11) is 0. The van der Waals surface area contributed by atoms with Crippen LogP contribution in [0, 0.1) is 6.92 Å². The molecule has 0 unspecified atom stereocenters. The number of hydrogen-bond donors (Lipinski definition) is 1. The highest BCUT2D eigenvalue weighted by Gasteiger charge is 2.30. The van der Waals surface area contributed by atoms with Crippen LogP contribution in [0.2, 0.25) is 0 Å². The molecule has 0 radical (unpaired) electrons. The van der Waals surface area contributed by atoms with Gasteiger partial charge >= 0.3 is 12.4 Å². The Morgan fingerprint density at radius 3 is 2.54 bits per heavy atom. The smallest absolute Gasteiger partial charge is 0.422 e. The normalized spacial score (nSPS) is 12.9. The molecule has 4 nitrogen and oxygen atoms in total. The Kier molecular flexibility index (Phi) is 6.81. The molecule has 152 valence electrons. The molecule has 0 saturated carbocycles. The van der Waals surface area contributed by atoms with Gasteiger partial charge in [-0.2, -0.15) is 26.3 Å². The molecule has 0 aliphatic heterocycles. The van der Waals surface area contributed by atoms with Gasteiger partial charge < -0.3 is 10.5 Å². The lowest BCUT2D eigenvalue weighted by molar-refractivity contribution is -0.153. The Morgan fingerprint density at radius 1 is 1.18 bits per heavy atom. The highest BCUT2D eigenvalue weighted by molar-refractivity contribution is 8.13. The SMILES string of the molecule is Cc1c(OCC(F)(F)F)ccnc1CSC(N)=Nc1cccc(C(F)(F)F)c1. The molecule has 0 aliphatic rings. The number of nitrogens with zero attached hydrogens (tertiary/aromatic N) is 2. The number of halogens is 6. The lowest BCUT2D eigenvalue weighted by Gasteiger charge is -2.13. The van der Waals surface area contributed by atoms with E-state index in [-0.39, 0.29) is 22.4 Å². The maximum absolute atomic E-state index is 12.7. The number of pyridine rings is 1. The number of aliphatic imine (C=N–C) groups is 1. The fourth-order valence-electron chi connectivity index (χ4n) is 2.07. The number of ether oxygens (including phenoxy) is 1. The topological polar surface area (TPSA) is 60.5 Å². The van der Waals surface area contributed by atoms with E-state index in [9.17, 15) is 26.3 Å². The van der Waals surface area contributed by atoms with Crippen LogP contribution in [-0.2, 0) is 11.9 Å². The third kappa shape index (κ3) is 6.63. The average Bonchev–Trinajstić information content (AvgIpc) is 2.58. The van der Waals surface area contributed by atoms with Gasteiger partial charge in [0.1, 0.15) is 5.75 Å². The van der Waals surface area contributed by atoms with Crippen LogP contribution in [0.15, 0.2) is 41.5 Å². The quantitative estimate of drug-likeness (QED) is 0.407. The second kappa shape index (κ2) is 8.72. The number of nitrogens with two attached hydrogens (primary N) is 1. The molecule has 11 heteroatoms. The molecule has 0 spiro atoms. The molecule has 0 saturated heterocycles. The summed E-state index contributed by atoms with van der Waals surface area (Å²) in [6.07, 6.45) is -7.66. The van der Waals surface area contributed by atoms with Gasteiger partial charge in [-0.05, 0) is 31.2 Å². The molecule has 28 heavy (non-hydrogen) atoms. The summed E-state index contributed by atoms with van der Waals surface area (Å²) >= 11 is 0.990. The Bertz CT molecular complexity index is 852. The van der Waals surface area contributed by atoms with Gasteiger partial charge in [-0.1, -0.05) is 17.8 Å². The fourth-order valence-corrected chi connectivity index (χ4v) is 2.82. The minimum Gasteiger partial charge on any atom is -0.484 e. The van der Waals surface area contributed by atoms with Crippen LogP contribution in [0.1, 0.15) is 16.8 Å². The van der Waals surface area contributed by atoms with Crippen molar-refractivity contribution in [2.75, 3.05) is 6.61 Å². The van der Waals surface area contributed by atoms with Gasteiger partial charge in [0.15, 0.2) is 11.8 Å². The van der Waals surface area contributed by atoms with E-state index >= 15 is 0 Å². The largest absolute Gasteiger partial charge is 0.484 e. The van der Waals surface area contributed by atoms with E-state index < -0.39 is 24.5 Å². The van der Waals surface area contributed by atoms with Crippen LogP contribution in [0.25, 0.3) is 0 Å². The van der Waals surface area contributed by atoms with Crippen LogP contribution < -0.4 is 10.5 Å². The lowest BCUT2D eigenvalue weighted by atomic mass is 10.2. The number of aromatic nitrogens is 1. The Hall–Kier alpha value is -2.43. The van der Waals surface area contributed by atoms with Crippen LogP contribution >= 0.6 is 11.8 Å². The van der Waals surface area contributed by atoms with E-state index in [1.807, 2.05) is 0 Å². The van der Waals surface area contributed by atoms with E-state index in [0.29, 0.717) is 11.3 Å². The summed E-state index contributed by atoms with van der Waals surface area (Å²) in [6.45, 7) is 0.123. The minimum absolute atomic E-state index is 0.0119. The van der Waals surface area contributed by atoms with Crippen molar-refractivity contribution in [3.63, 3.8) is 0 Å². The van der Waals surface area contributed by atoms with Gasteiger partial charge in [0, 0.05) is 17.5 Å². The lowest BCUT2D eigenvalue weighted by Crippen LogP contribution is -2.19. The van der Waals surface area contributed by atoms with E-state index in [2.05, 4.69) is 9.98 Å². The van der Waals surface area contributed by atoms with E-state index in [4.69, 9.17) is 10.5 Å². The second-order valence-electron chi connectivity index (χ2n) is 5.57. The van der Waals surface area contributed by atoms with Gasteiger partial charge in [0.05, 0.1) is 16.9 Å². The number of alkyl halides is 6.